The van der Waals surface area contributed by atoms with E-state index in [4.69, 9.17) is 9.26 Å². The van der Waals surface area contributed by atoms with Gasteiger partial charge >= 0.3 is 0 Å². The van der Waals surface area contributed by atoms with Crippen molar-refractivity contribution in [2.24, 2.45) is 0 Å². The van der Waals surface area contributed by atoms with Gasteiger partial charge in [-0.1, -0.05) is 22.9 Å². The summed E-state index contributed by atoms with van der Waals surface area (Å²) in [5.74, 6) is 2.07. The van der Waals surface area contributed by atoms with E-state index in [-0.39, 0.29) is 12.6 Å². The van der Waals surface area contributed by atoms with Crippen LogP contribution >= 0.6 is 0 Å². The number of benzene rings is 1. The molecule has 2 heterocycles. The van der Waals surface area contributed by atoms with Crippen LogP contribution in [-0.2, 0) is 0 Å². The number of likely N-dealkylation sites (tertiary alicyclic amines) is 1. The second kappa shape index (κ2) is 7.10. The summed E-state index contributed by atoms with van der Waals surface area (Å²) in [5.41, 5.74) is 1.19. The van der Waals surface area contributed by atoms with Crippen LogP contribution in [-0.4, -0.2) is 45.9 Å². The topological polar surface area (TPSA) is 71.6 Å². The number of aliphatic hydroxyl groups is 1. The lowest BCUT2D eigenvalue weighted by Gasteiger charge is -2.24. The van der Waals surface area contributed by atoms with Crippen LogP contribution in [0.1, 0.15) is 36.2 Å². The third-order valence-electron chi connectivity index (χ3n) is 4.11. The molecule has 1 saturated heterocycles. The van der Waals surface area contributed by atoms with Crippen molar-refractivity contribution >= 4 is 0 Å². The van der Waals surface area contributed by atoms with E-state index in [1.165, 1.54) is 5.56 Å². The molecule has 23 heavy (non-hydrogen) atoms. The molecule has 6 heteroatoms. The molecule has 3 rings (SSSR count). The van der Waals surface area contributed by atoms with Gasteiger partial charge in [0.2, 0.25) is 5.89 Å². The van der Waals surface area contributed by atoms with Crippen LogP contribution in [0.25, 0.3) is 0 Å². The Hall–Kier alpha value is -1.92. The normalized spacial score (nSPS) is 19.9. The zero-order chi connectivity index (χ0) is 16.2. The van der Waals surface area contributed by atoms with Gasteiger partial charge in [0, 0.05) is 13.5 Å². The molecule has 124 valence electrons. The van der Waals surface area contributed by atoms with E-state index in [1.807, 2.05) is 31.2 Å². The molecule has 0 amide bonds. The number of aromatic nitrogens is 2. The molecule has 0 spiro atoms. The van der Waals surface area contributed by atoms with Gasteiger partial charge in [0.1, 0.15) is 18.5 Å². The van der Waals surface area contributed by atoms with Gasteiger partial charge in [-0.15, -0.1) is 0 Å². The number of hydrogen-bond donors (Lipinski definition) is 1. The third-order valence-corrected chi connectivity index (χ3v) is 4.11. The van der Waals surface area contributed by atoms with E-state index in [1.54, 1.807) is 6.92 Å². The van der Waals surface area contributed by atoms with Gasteiger partial charge < -0.3 is 14.4 Å². The smallest absolute Gasteiger partial charge is 0.223 e. The maximum atomic E-state index is 10.3. The highest BCUT2D eigenvalue weighted by atomic mass is 16.5. The van der Waals surface area contributed by atoms with Crippen molar-refractivity contribution < 1.29 is 14.4 Å². The number of aliphatic hydroxyl groups excluding tert-OH is 1. The minimum atomic E-state index is -0.551. The average Bonchev–Trinajstić information content (AvgIpc) is 3.15. The number of hydrogen-bond acceptors (Lipinski definition) is 6. The molecule has 6 nitrogen and oxygen atoms in total. The van der Waals surface area contributed by atoms with E-state index in [0.29, 0.717) is 18.3 Å². The minimum Gasteiger partial charge on any atom is -0.491 e. The Kier molecular flexibility index (Phi) is 4.93. The average molecular weight is 317 g/mol. The van der Waals surface area contributed by atoms with E-state index in [0.717, 1.165) is 25.1 Å². The molecule has 1 N–H and O–H groups in total. The Bertz CT molecular complexity index is 626. The first-order valence-corrected chi connectivity index (χ1v) is 8.03. The van der Waals surface area contributed by atoms with Gasteiger partial charge in [0.15, 0.2) is 5.82 Å². The van der Waals surface area contributed by atoms with Crippen molar-refractivity contribution in [2.45, 2.75) is 38.8 Å². The molecule has 0 bridgehead atoms. The summed E-state index contributed by atoms with van der Waals surface area (Å²) < 4.78 is 10.7. The van der Waals surface area contributed by atoms with E-state index in [9.17, 15) is 5.11 Å². The SMILES string of the molecule is Cc1ccc(OC[C@H](O)CN2CCC[C@@H]2c2noc(C)n2)cc1. The monoisotopic (exact) mass is 317 g/mol. The lowest BCUT2D eigenvalue weighted by molar-refractivity contribution is 0.0623. The van der Waals surface area contributed by atoms with Crippen molar-refractivity contribution in [1.29, 1.82) is 0 Å². The maximum absolute atomic E-state index is 10.3. The van der Waals surface area contributed by atoms with Crippen molar-refractivity contribution in [1.82, 2.24) is 15.0 Å². The molecule has 1 aliphatic rings. The van der Waals surface area contributed by atoms with Crippen LogP contribution in [0.3, 0.4) is 0 Å². The number of ether oxygens (including phenoxy) is 1. The first-order valence-electron chi connectivity index (χ1n) is 8.03. The fourth-order valence-electron chi connectivity index (χ4n) is 2.94. The fraction of sp³-hybridized carbons (Fsp3) is 0.529. The van der Waals surface area contributed by atoms with E-state index < -0.39 is 6.10 Å². The van der Waals surface area contributed by atoms with Crippen LogP contribution in [0.2, 0.25) is 0 Å². The molecule has 0 aliphatic carbocycles. The quantitative estimate of drug-likeness (QED) is 0.881. The fourth-order valence-corrected chi connectivity index (χ4v) is 2.94. The second-order valence-corrected chi connectivity index (χ2v) is 6.10. The highest BCUT2D eigenvalue weighted by Gasteiger charge is 2.31. The molecule has 1 fully saturated rings. The molecular formula is C17H23N3O3. The Morgan fingerprint density at radius 3 is 2.83 bits per heavy atom. The molecule has 0 unspecified atom stereocenters. The Labute approximate surface area is 136 Å². The first kappa shape index (κ1) is 16.0. The highest BCUT2D eigenvalue weighted by Crippen LogP contribution is 2.30. The molecule has 0 radical (unpaired) electrons. The van der Waals surface area contributed by atoms with Gasteiger partial charge in [0.25, 0.3) is 0 Å². The number of aryl methyl sites for hydroxylation is 2. The van der Waals surface area contributed by atoms with Crippen LogP contribution in [0.5, 0.6) is 5.75 Å². The first-order chi connectivity index (χ1) is 11.1. The third kappa shape index (κ3) is 4.09. The van der Waals surface area contributed by atoms with Crippen LogP contribution in [0.15, 0.2) is 28.8 Å². The summed E-state index contributed by atoms with van der Waals surface area (Å²) in [6.07, 6.45) is 1.51. The number of rotatable bonds is 6. The van der Waals surface area contributed by atoms with E-state index >= 15 is 0 Å². The predicted octanol–water partition coefficient (Wildman–Crippen LogP) is 2.26. The van der Waals surface area contributed by atoms with Crippen molar-refractivity contribution in [3.05, 3.63) is 41.5 Å². The number of β-amino-alcohol motifs (C(OH)–C–C–N with tert-alkyl or cyclic N) is 1. The summed E-state index contributed by atoms with van der Waals surface area (Å²) in [7, 11) is 0. The van der Waals surface area contributed by atoms with Gasteiger partial charge in [-0.3, -0.25) is 4.90 Å². The predicted molar refractivity (Wildman–Crippen MR) is 85.3 cm³/mol. The maximum Gasteiger partial charge on any atom is 0.223 e. The minimum absolute atomic E-state index is 0.126. The largest absolute Gasteiger partial charge is 0.491 e. The lowest BCUT2D eigenvalue weighted by Crippen LogP contribution is -2.35. The summed E-state index contributed by atoms with van der Waals surface area (Å²) in [6.45, 7) is 5.58. The summed E-state index contributed by atoms with van der Waals surface area (Å²) in [6, 6.07) is 7.96. The highest BCUT2D eigenvalue weighted by molar-refractivity contribution is 5.26. The standard InChI is InChI=1S/C17H23N3O3/c1-12-5-7-15(8-6-12)22-11-14(21)10-20-9-3-4-16(20)17-18-13(2)23-19-17/h5-8,14,16,21H,3-4,9-11H2,1-2H3/t14-,16-/m1/s1. The Morgan fingerprint density at radius 2 is 2.13 bits per heavy atom. The van der Waals surface area contributed by atoms with Gasteiger partial charge in [-0.2, -0.15) is 4.98 Å². The van der Waals surface area contributed by atoms with Crippen molar-refractivity contribution in [3.63, 3.8) is 0 Å². The molecule has 2 atom stereocenters. The van der Waals surface area contributed by atoms with Crippen LogP contribution in [0, 0.1) is 13.8 Å². The molecule has 1 aromatic heterocycles. The van der Waals surface area contributed by atoms with Crippen molar-refractivity contribution in [2.75, 3.05) is 19.7 Å². The zero-order valence-corrected chi connectivity index (χ0v) is 13.6. The number of nitrogens with zero attached hydrogens (tertiary/aromatic N) is 3. The van der Waals surface area contributed by atoms with Crippen LogP contribution in [0.4, 0.5) is 0 Å². The van der Waals surface area contributed by atoms with Gasteiger partial charge in [-0.25, -0.2) is 0 Å². The summed E-state index contributed by atoms with van der Waals surface area (Å²) >= 11 is 0. The van der Waals surface area contributed by atoms with Gasteiger partial charge in [-0.05, 0) is 38.4 Å². The zero-order valence-electron chi connectivity index (χ0n) is 13.6. The Balaban J connectivity index is 1.52. The van der Waals surface area contributed by atoms with Crippen LogP contribution < -0.4 is 4.74 Å². The molecule has 1 aromatic carbocycles. The Morgan fingerprint density at radius 1 is 1.35 bits per heavy atom. The molecular weight excluding hydrogens is 294 g/mol. The molecule has 2 aromatic rings. The molecule has 0 saturated carbocycles. The van der Waals surface area contributed by atoms with Gasteiger partial charge in [0.05, 0.1) is 6.04 Å². The summed E-state index contributed by atoms with van der Waals surface area (Å²) in [5, 5.41) is 14.3. The lowest BCUT2D eigenvalue weighted by atomic mass is 10.2. The summed E-state index contributed by atoms with van der Waals surface area (Å²) in [4.78, 5) is 6.52. The molecule has 1 aliphatic heterocycles. The van der Waals surface area contributed by atoms with Crippen molar-refractivity contribution in [3.8, 4) is 5.75 Å². The van der Waals surface area contributed by atoms with E-state index in [2.05, 4.69) is 15.0 Å². The second-order valence-electron chi connectivity index (χ2n) is 6.10.